The Morgan fingerprint density at radius 2 is 1.90 bits per heavy atom. The van der Waals surface area contributed by atoms with Crippen LogP contribution in [0.5, 0.6) is 0 Å². The maximum atomic E-state index is 12.2. The van der Waals surface area contributed by atoms with Crippen LogP contribution in [-0.4, -0.2) is 29.5 Å². The van der Waals surface area contributed by atoms with E-state index >= 15 is 0 Å². The lowest BCUT2D eigenvalue weighted by Gasteiger charge is -2.03. The number of Topliss-reactive ketones (excluding diaryl/α,β-unsaturated/α-hetero) is 1. The van der Waals surface area contributed by atoms with Gasteiger partial charge >= 0.3 is 12.1 Å². The summed E-state index contributed by atoms with van der Waals surface area (Å²) in [6.07, 6.45) is -6.42. The van der Waals surface area contributed by atoms with E-state index in [1.165, 1.54) is 0 Å². The Labute approximate surface area is 115 Å². The Kier molecular flexibility index (Phi) is 5.23. The molecule has 0 unspecified atom stereocenters. The number of carbonyl (C=O) groups is 2. The van der Waals surface area contributed by atoms with Gasteiger partial charge in [0, 0.05) is 18.2 Å². The monoisotopic (exact) mass is 311 g/mol. The molecule has 9 heteroatoms. The SMILES string of the molecule is CC(CCOC(=O)c1cc(C(=O)C(F)(F)F)c[nH]1)=C(F)F. The lowest BCUT2D eigenvalue weighted by Crippen LogP contribution is -2.22. The zero-order chi connectivity index (χ0) is 16.2. The third-order valence-corrected chi connectivity index (χ3v) is 2.46. The second-order valence-electron chi connectivity index (χ2n) is 4.06. The molecule has 0 saturated heterocycles. The molecular weight excluding hydrogens is 301 g/mol. The average molecular weight is 311 g/mol. The number of rotatable bonds is 5. The van der Waals surface area contributed by atoms with Crippen molar-refractivity contribution in [1.82, 2.24) is 4.98 Å². The van der Waals surface area contributed by atoms with Gasteiger partial charge in [-0.25, -0.2) is 4.79 Å². The molecule has 4 nitrogen and oxygen atoms in total. The first-order chi connectivity index (χ1) is 9.62. The van der Waals surface area contributed by atoms with Crippen LogP contribution in [0.3, 0.4) is 0 Å². The number of halogens is 5. The molecule has 0 atom stereocenters. The predicted octanol–water partition coefficient (Wildman–Crippen LogP) is 3.48. The summed E-state index contributed by atoms with van der Waals surface area (Å²) in [4.78, 5) is 24.5. The molecule has 0 bridgehead atoms. The fourth-order valence-electron chi connectivity index (χ4n) is 1.28. The van der Waals surface area contributed by atoms with E-state index in [9.17, 15) is 31.5 Å². The number of hydrogen-bond donors (Lipinski definition) is 1. The molecule has 0 aromatic carbocycles. The van der Waals surface area contributed by atoms with Gasteiger partial charge in [-0.15, -0.1) is 0 Å². The highest BCUT2D eigenvalue weighted by Gasteiger charge is 2.39. The lowest BCUT2D eigenvalue weighted by molar-refractivity contribution is -0.0885. The van der Waals surface area contributed by atoms with Crippen molar-refractivity contribution in [3.05, 3.63) is 35.2 Å². The molecule has 1 aromatic heterocycles. The van der Waals surface area contributed by atoms with E-state index in [2.05, 4.69) is 9.72 Å². The minimum absolute atomic E-state index is 0.205. The number of alkyl halides is 3. The summed E-state index contributed by atoms with van der Waals surface area (Å²) in [6.45, 7) is 0.793. The second-order valence-corrected chi connectivity index (χ2v) is 4.06. The molecule has 1 N–H and O–H groups in total. The van der Waals surface area contributed by atoms with E-state index in [4.69, 9.17) is 0 Å². The van der Waals surface area contributed by atoms with Crippen LogP contribution in [0, 0.1) is 0 Å². The van der Waals surface area contributed by atoms with Crippen molar-refractivity contribution >= 4 is 11.8 Å². The normalized spacial score (nSPS) is 11.1. The van der Waals surface area contributed by atoms with Crippen LogP contribution in [0.1, 0.15) is 34.2 Å². The molecule has 0 aliphatic carbocycles. The van der Waals surface area contributed by atoms with Gasteiger partial charge in [-0.3, -0.25) is 4.79 Å². The molecule has 0 amide bonds. The summed E-state index contributed by atoms with van der Waals surface area (Å²) in [6, 6.07) is 0.691. The van der Waals surface area contributed by atoms with Gasteiger partial charge in [0.15, 0.2) is 0 Å². The number of hydrogen-bond acceptors (Lipinski definition) is 3. The fraction of sp³-hybridized carbons (Fsp3) is 0.333. The Bertz CT molecular complexity index is 570. The van der Waals surface area contributed by atoms with Crippen LogP contribution in [0.25, 0.3) is 0 Å². The average Bonchev–Trinajstić information content (AvgIpc) is 2.85. The minimum Gasteiger partial charge on any atom is -0.461 e. The van der Waals surface area contributed by atoms with E-state index in [0.29, 0.717) is 6.07 Å². The second kappa shape index (κ2) is 6.51. The zero-order valence-electron chi connectivity index (χ0n) is 10.7. The molecule has 0 saturated carbocycles. The van der Waals surface area contributed by atoms with Gasteiger partial charge in [0.25, 0.3) is 11.9 Å². The zero-order valence-corrected chi connectivity index (χ0v) is 10.7. The van der Waals surface area contributed by atoms with Crippen molar-refractivity contribution in [3.8, 4) is 0 Å². The highest BCUT2D eigenvalue weighted by atomic mass is 19.4. The third-order valence-electron chi connectivity index (χ3n) is 2.46. The van der Waals surface area contributed by atoms with Crippen LogP contribution in [0.15, 0.2) is 23.9 Å². The van der Waals surface area contributed by atoms with E-state index in [-0.39, 0.29) is 24.3 Å². The van der Waals surface area contributed by atoms with E-state index in [1.807, 2.05) is 0 Å². The number of ether oxygens (including phenoxy) is 1. The van der Waals surface area contributed by atoms with Crippen molar-refractivity contribution in [1.29, 1.82) is 0 Å². The van der Waals surface area contributed by atoms with Gasteiger partial charge < -0.3 is 9.72 Å². The van der Waals surface area contributed by atoms with Crippen LogP contribution in [0.2, 0.25) is 0 Å². The molecule has 0 aliphatic heterocycles. The first kappa shape index (κ1) is 16.9. The summed E-state index contributed by atoms with van der Waals surface area (Å²) in [5.74, 6) is -3.14. The first-order valence-electron chi connectivity index (χ1n) is 5.60. The van der Waals surface area contributed by atoms with Crippen molar-refractivity contribution in [2.24, 2.45) is 0 Å². The number of aromatic nitrogens is 1. The van der Waals surface area contributed by atoms with Gasteiger partial charge in [-0.2, -0.15) is 22.0 Å². The summed E-state index contributed by atoms with van der Waals surface area (Å²) in [5.41, 5.74) is -1.37. The molecule has 0 spiro atoms. The smallest absolute Gasteiger partial charge is 0.454 e. The van der Waals surface area contributed by atoms with Crippen LogP contribution in [-0.2, 0) is 4.74 Å². The van der Waals surface area contributed by atoms with E-state index in [0.717, 1.165) is 13.1 Å². The summed E-state index contributed by atoms with van der Waals surface area (Å²) in [7, 11) is 0. The molecule has 116 valence electrons. The number of nitrogens with one attached hydrogen (secondary N) is 1. The lowest BCUT2D eigenvalue weighted by atomic mass is 10.2. The van der Waals surface area contributed by atoms with Crippen molar-refractivity contribution in [3.63, 3.8) is 0 Å². The topological polar surface area (TPSA) is 59.2 Å². The van der Waals surface area contributed by atoms with Gasteiger partial charge in [0.1, 0.15) is 5.69 Å². The minimum atomic E-state index is -5.05. The quantitative estimate of drug-likeness (QED) is 0.514. The maximum Gasteiger partial charge on any atom is 0.454 e. The molecule has 1 heterocycles. The van der Waals surface area contributed by atoms with Crippen LogP contribution >= 0.6 is 0 Å². The molecular formula is C12H10F5NO3. The molecule has 1 rings (SSSR count). The number of ketones is 1. The van der Waals surface area contributed by atoms with Crippen LogP contribution in [0.4, 0.5) is 22.0 Å². The first-order valence-corrected chi connectivity index (χ1v) is 5.60. The summed E-state index contributed by atoms with van der Waals surface area (Å²) < 4.78 is 65.2. The van der Waals surface area contributed by atoms with Gasteiger partial charge in [-0.1, -0.05) is 0 Å². The standard InChI is InChI=1S/C12H10F5NO3/c1-6(10(13)14)2-3-21-11(20)8-4-7(5-18-8)9(19)12(15,16)17/h4-5,18H,2-3H2,1H3. The predicted molar refractivity (Wildman–Crippen MR) is 61.0 cm³/mol. The fourth-order valence-corrected chi connectivity index (χ4v) is 1.28. The molecule has 0 radical (unpaired) electrons. The summed E-state index contributed by atoms with van der Waals surface area (Å²) in [5, 5.41) is 0. The van der Waals surface area contributed by atoms with E-state index in [1.54, 1.807) is 0 Å². The molecule has 0 aliphatic rings. The number of esters is 1. The molecule has 21 heavy (non-hydrogen) atoms. The van der Waals surface area contributed by atoms with Gasteiger partial charge in [0.2, 0.25) is 0 Å². The largest absolute Gasteiger partial charge is 0.461 e. The Morgan fingerprint density at radius 3 is 2.43 bits per heavy atom. The van der Waals surface area contributed by atoms with Gasteiger partial charge in [0.05, 0.1) is 6.61 Å². The van der Waals surface area contributed by atoms with Crippen molar-refractivity contribution < 1.29 is 36.3 Å². The Morgan fingerprint density at radius 1 is 1.29 bits per heavy atom. The number of aromatic amines is 1. The van der Waals surface area contributed by atoms with Crippen molar-refractivity contribution in [2.75, 3.05) is 6.61 Å². The number of carbonyl (C=O) groups excluding carboxylic acids is 2. The Balaban J connectivity index is 2.63. The third kappa shape index (κ3) is 4.69. The van der Waals surface area contributed by atoms with Gasteiger partial charge in [-0.05, 0) is 18.6 Å². The summed E-state index contributed by atoms with van der Waals surface area (Å²) >= 11 is 0. The van der Waals surface area contributed by atoms with Crippen LogP contribution < -0.4 is 0 Å². The molecule has 0 fully saturated rings. The Hall–Kier alpha value is -2.19. The van der Waals surface area contributed by atoms with E-state index < -0.39 is 29.6 Å². The highest BCUT2D eigenvalue weighted by molar-refractivity contribution is 6.02. The maximum absolute atomic E-state index is 12.2. The van der Waals surface area contributed by atoms with Crippen molar-refractivity contribution in [2.45, 2.75) is 19.5 Å². The highest BCUT2D eigenvalue weighted by Crippen LogP contribution is 2.22. The number of H-pyrrole nitrogens is 1. The molecule has 1 aromatic rings.